The van der Waals surface area contributed by atoms with Crippen molar-refractivity contribution in [1.82, 2.24) is 14.6 Å². The Bertz CT molecular complexity index is 830. The number of hydrogen-bond donors (Lipinski definition) is 1. The Hall–Kier alpha value is -1.58. The normalized spacial score (nSPS) is 13.4. The van der Waals surface area contributed by atoms with Crippen molar-refractivity contribution in [3.05, 3.63) is 18.2 Å². The van der Waals surface area contributed by atoms with Crippen LogP contribution in [0.15, 0.2) is 32.7 Å². The van der Waals surface area contributed by atoms with E-state index >= 15 is 0 Å². The van der Waals surface area contributed by atoms with Gasteiger partial charge >= 0.3 is 0 Å². The molecule has 0 fully saturated rings. The molecular weight excluding hydrogens is 350 g/mol. The number of rotatable bonds is 7. The molecule has 0 spiro atoms. The van der Waals surface area contributed by atoms with Gasteiger partial charge in [0.25, 0.3) is 5.22 Å². The van der Waals surface area contributed by atoms with Crippen LogP contribution in [-0.2, 0) is 14.8 Å². The van der Waals surface area contributed by atoms with Crippen molar-refractivity contribution in [2.24, 2.45) is 0 Å². The van der Waals surface area contributed by atoms with Gasteiger partial charge in [0.2, 0.25) is 15.9 Å². The van der Waals surface area contributed by atoms with Crippen LogP contribution in [0.3, 0.4) is 0 Å². The Labute approximate surface area is 145 Å². The number of aromatic nitrogens is 1. The fraction of sp³-hybridized carbons (Fsp3) is 0.467. The molecule has 7 nitrogen and oxygen atoms in total. The van der Waals surface area contributed by atoms with Crippen molar-refractivity contribution in [3.8, 4) is 0 Å². The molecule has 24 heavy (non-hydrogen) atoms. The zero-order valence-electron chi connectivity index (χ0n) is 14.1. The standard InChI is InChI=1S/C15H21N3O4S2/c1-5-10(2)16-14(19)9-23-15-17-12-8-11(6-7-13(12)22-15)24(20,21)18(3)4/h6-8,10H,5,9H2,1-4H3,(H,16,19)/t10-/m1/s1. The lowest BCUT2D eigenvalue weighted by Crippen LogP contribution is -2.33. The Morgan fingerprint density at radius 1 is 1.42 bits per heavy atom. The maximum Gasteiger partial charge on any atom is 0.257 e. The summed E-state index contributed by atoms with van der Waals surface area (Å²) in [4.78, 5) is 16.2. The molecule has 0 unspecified atom stereocenters. The third-order valence-corrected chi connectivity index (χ3v) is 6.10. The number of nitrogens with one attached hydrogen (secondary N) is 1. The third-order valence-electron chi connectivity index (χ3n) is 3.46. The summed E-state index contributed by atoms with van der Waals surface area (Å²) in [5.74, 6) is 0.104. The molecule has 0 saturated heterocycles. The molecule has 0 radical (unpaired) electrons. The van der Waals surface area contributed by atoms with Crippen molar-refractivity contribution in [2.75, 3.05) is 19.8 Å². The van der Waals surface area contributed by atoms with Gasteiger partial charge in [-0.05, 0) is 31.5 Å². The van der Waals surface area contributed by atoms with Gasteiger partial charge in [-0.3, -0.25) is 4.79 Å². The number of thioether (sulfide) groups is 1. The summed E-state index contributed by atoms with van der Waals surface area (Å²) in [7, 11) is -0.577. The van der Waals surface area contributed by atoms with Crippen LogP contribution in [0, 0.1) is 0 Å². The maximum absolute atomic E-state index is 12.1. The van der Waals surface area contributed by atoms with Crippen molar-refractivity contribution < 1.29 is 17.6 Å². The lowest BCUT2D eigenvalue weighted by molar-refractivity contribution is -0.119. The minimum atomic E-state index is -3.52. The largest absolute Gasteiger partial charge is 0.431 e. The molecule has 0 bridgehead atoms. The van der Waals surface area contributed by atoms with E-state index in [-0.39, 0.29) is 22.6 Å². The van der Waals surface area contributed by atoms with Crippen LogP contribution in [0.25, 0.3) is 11.1 Å². The Kier molecular flexibility index (Phi) is 5.89. The van der Waals surface area contributed by atoms with Crippen LogP contribution in [0.5, 0.6) is 0 Å². The fourth-order valence-corrected chi connectivity index (χ4v) is 3.44. The van der Waals surface area contributed by atoms with Gasteiger partial charge in [-0.1, -0.05) is 18.7 Å². The quantitative estimate of drug-likeness (QED) is 0.749. The Morgan fingerprint density at radius 3 is 2.75 bits per heavy atom. The second kappa shape index (κ2) is 7.54. The summed E-state index contributed by atoms with van der Waals surface area (Å²) in [5.41, 5.74) is 0.931. The van der Waals surface area contributed by atoms with Gasteiger partial charge in [0.1, 0.15) is 5.52 Å². The molecular formula is C15H21N3O4S2. The van der Waals surface area contributed by atoms with Crippen LogP contribution in [0.1, 0.15) is 20.3 Å². The van der Waals surface area contributed by atoms with E-state index in [0.717, 1.165) is 10.7 Å². The number of sulfonamides is 1. The molecule has 1 atom stereocenters. The molecule has 1 aromatic carbocycles. The van der Waals surface area contributed by atoms with E-state index in [0.29, 0.717) is 16.3 Å². The smallest absolute Gasteiger partial charge is 0.257 e. The fourth-order valence-electron chi connectivity index (χ4n) is 1.86. The first kappa shape index (κ1) is 18.8. The van der Waals surface area contributed by atoms with E-state index in [2.05, 4.69) is 10.3 Å². The van der Waals surface area contributed by atoms with Crippen molar-refractivity contribution in [2.45, 2.75) is 36.4 Å². The summed E-state index contributed by atoms with van der Waals surface area (Å²) < 4.78 is 31.0. The van der Waals surface area contributed by atoms with E-state index in [1.165, 1.54) is 38.0 Å². The molecule has 132 valence electrons. The van der Waals surface area contributed by atoms with Crippen molar-refractivity contribution >= 4 is 38.8 Å². The number of hydrogen-bond acceptors (Lipinski definition) is 6. The molecule has 1 aromatic heterocycles. The van der Waals surface area contributed by atoms with Crippen LogP contribution in [-0.4, -0.2) is 49.5 Å². The monoisotopic (exact) mass is 371 g/mol. The van der Waals surface area contributed by atoms with Gasteiger partial charge in [-0.15, -0.1) is 0 Å². The summed E-state index contributed by atoms with van der Waals surface area (Å²) in [6.07, 6.45) is 0.864. The lowest BCUT2D eigenvalue weighted by atomic mass is 10.3. The van der Waals surface area contributed by atoms with Gasteiger partial charge in [0.05, 0.1) is 10.6 Å². The van der Waals surface area contributed by atoms with E-state index in [1.54, 1.807) is 6.07 Å². The van der Waals surface area contributed by atoms with Gasteiger partial charge in [0.15, 0.2) is 5.58 Å². The minimum Gasteiger partial charge on any atom is -0.431 e. The maximum atomic E-state index is 12.1. The molecule has 2 rings (SSSR count). The molecule has 1 N–H and O–H groups in total. The first-order valence-corrected chi connectivity index (χ1v) is 9.92. The second-order valence-electron chi connectivity index (χ2n) is 5.56. The summed E-state index contributed by atoms with van der Waals surface area (Å²) >= 11 is 1.18. The molecule has 1 heterocycles. The molecule has 1 amide bonds. The van der Waals surface area contributed by atoms with E-state index in [9.17, 15) is 13.2 Å². The van der Waals surface area contributed by atoms with Crippen LogP contribution < -0.4 is 5.32 Å². The topological polar surface area (TPSA) is 92.5 Å². The number of benzene rings is 1. The molecule has 0 aliphatic rings. The van der Waals surface area contributed by atoms with Crippen LogP contribution >= 0.6 is 11.8 Å². The van der Waals surface area contributed by atoms with Gasteiger partial charge < -0.3 is 9.73 Å². The molecule has 0 aliphatic heterocycles. The Balaban J connectivity index is 2.13. The van der Waals surface area contributed by atoms with Crippen molar-refractivity contribution in [3.63, 3.8) is 0 Å². The predicted octanol–water partition coefficient (Wildman–Crippen LogP) is 2.08. The van der Waals surface area contributed by atoms with Crippen LogP contribution in [0.4, 0.5) is 0 Å². The molecule has 0 aliphatic carbocycles. The molecule has 2 aromatic rings. The average Bonchev–Trinajstić information content (AvgIpc) is 2.94. The highest BCUT2D eigenvalue weighted by Gasteiger charge is 2.19. The highest BCUT2D eigenvalue weighted by Crippen LogP contribution is 2.26. The number of amides is 1. The number of carbonyl (C=O) groups excluding carboxylic acids is 1. The zero-order valence-corrected chi connectivity index (χ0v) is 15.7. The lowest BCUT2D eigenvalue weighted by Gasteiger charge is -2.10. The Morgan fingerprint density at radius 2 is 2.12 bits per heavy atom. The van der Waals surface area contributed by atoms with E-state index < -0.39 is 10.0 Å². The van der Waals surface area contributed by atoms with Gasteiger partial charge in [0, 0.05) is 20.1 Å². The van der Waals surface area contributed by atoms with Crippen LogP contribution in [0.2, 0.25) is 0 Å². The SMILES string of the molecule is CC[C@@H](C)NC(=O)CSc1nc2cc(S(=O)(=O)N(C)C)ccc2o1. The highest BCUT2D eigenvalue weighted by molar-refractivity contribution is 7.99. The van der Waals surface area contributed by atoms with Gasteiger partial charge in [-0.25, -0.2) is 17.7 Å². The first-order valence-electron chi connectivity index (χ1n) is 7.49. The predicted molar refractivity (Wildman–Crippen MR) is 93.5 cm³/mol. The minimum absolute atomic E-state index is 0.0903. The summed E-state index contributed by atoms with van der Waals surface area (Å²) in [6.45, 7) is 3.94. The number of fused-ring (bicyclic) bond motifs is 1. The highest BCUT2D eigenvalue weighted by atomic mass is 32.2. The van der Waals surface area contributed by atoms with Crippen molar-refractivity contribution in [1.29, 1.82) is 0 Å². The molecule has 9 heteroatoms. The zero-order chi connectivity index (χ0) is 17.9. The summed E-state index contributed by atoms with van der Waals surface area (Å²) in [5, 5.41) is 3.20. The van der Waals surface area contributed by atoms with E-state index in [1.807, 2.05) is 13.8 Å². The number of oxazole rings is 1. The van der Waals surface area contributed by atoms with E-state index in [4.69, 9.17) is 4.42 Å². The van der Waals surface area contributed by atoms with Gasteiger partial charge in [-0.2, -0.15) is 0 Å². The first-order chi connectivity index (χ1) is 11.2. The molecule has 0 saturated carbocycles. The average molecular weight is 371 g/mol. The second-order valence-corrected chi connectivity index (χ2v) is 8.64. The summed E-state index contributed by atoms with van der Waals surface area (Å²) in [6, 6.07) is 4.65. The third kappa shape index (κ3) is 4.28. The number of nitrogens with zero attached hydrogens (tertiary/aromatic N) is 2. The number of carbonyl (C=O) groups is 1.